The zero-order valence-electron chi connectivity index (χ0n) is 27.4. The summed E-state index contributed by atoms with van der Waals surface area (Å²) in [6.45, 7) is 10.0. The molecule has 0 aliphatic heterocycles. The van der Waals surface area contributed by atoms with Crippen molar-refractivity contribution >= 4 is 35.1 Å². The number of carbonyl (C=O) groups is 2. The molecule has 1 amide bonds. The molecular weight excluding hydrogens is 615 g/mol. The van der Waals surface area contributed by atoms with Gasteiger partial charge in [0.15, 0.2) is 6.23 Å². The van der Waals surface area contributed by atoms with E-state index in [1.54, 1.807) is 14.2 Å². The summed E-state index contributed by atoms with van der Waals surface area (Å²) in [5.74, 6) is -0.252. The van der Waals surface area contributed by atoms with Crippen LogP contribution in [-0.4, -0.2) is 87.9 Å². The Balaban J connectivity index is 1.65. The number of nitrogens with zero attached hydrogens (tertiary/aromatic N) is 2. The van der Waals surface area contributed by atoms with Crippen LogP contribution in [0.3, 0.4) is 0 Å². The van der Waals surface area contributed by atoms with Crippen LogP contribution in [0.25, 0.3) is 0 Å². The summed E-state index contributed by atoms with van der Waals surface area (Å²) in [7, 11) is 3.27. The van der Waals surface area contributed by atoms with Crippen molar-refractivity contribution in [2.75, 3.05) is 60.0 Å². The Morgan fingerprint density at radius 2 is 1.29 bits per heavy atom. The topological polar surface area (TPSA) is 106 Å². The monoisotopic (exact) mass is 666 g/mol. The van der Waals surface area contributed by atoms with Crippen LogP contribution in [0.4, 0.5) is 0 Å². The number of unbranched alkanes of at least 4 members (excludes halogenated alkanes) is 1. The lowest BCUT2D eigenvalue weighted by Crippen LogP contribution is -2.38. The summed E-state index contributed by atoms with van der Waals surface area (Å²) < 4.78 is 16.1. The molecule has 0 aliphatic rings. The lowest BCUT2D eigenvalue weighted by molar-refractivity contribution is -0.159. The van der Waals surface area contributed by atoms with E-state index < -0.39 is 18.1 Å². The first-order chi connectivity index (χ1) is 21.7. The van der Waals surface area contributed by atoms with Crippen molar-refractivity contribution in [1.82, 2.24) is 15.1 Å². The van der Waals surface area contributed by atoms with Gasteiger partial charge in [0, 0.05) is 19.6 Å². The van der Waals surface area contributed by atoms with E-state index in [0.717, 1.165) is 101 Å². The number of benzene rings is 2. The van der Waals surface area contributed by atoms with Crippen molar-refractivity contribution in [1.29, 1.82) is 0 Å². The van der Waals surface area contributed by atoms with Crippen molar-refractivity contribution in [3.63, 3.8) is 0 Å². The summed E-state index contributed by atoms with van der Waals surface area (Å²) in [6.07, 6.45) is 5.71. The summed E-state index contributed by atoms with van der Waals surface area (Å²) >= 11 is 12.5. The summed E-state index contributed by atoms with van der Waals surface area (Å²) in [6, 6.07) is 11.6. The smallest absolute Gasteiger partial charge is 0.398 e. The third kappa shape index (κ3) is 14.2. The van der Waals surface area contributed by atoms with E-state index in [1.807, 2.05) is 36.4 Å². The van der Waals surface area contributed by atoms with Crippen LogP contribution >= 0.6 is 23.2 Å². The molecule has 1 atom stereocenters. The average molecular weight is 668 g/mol. The molecule has 0 aromatic heterocycles. The molecule has 11 heteroatoms. The number of nitrogens with one attached hydrogen (secondary N) is 1. The van der Waals surface area contributed by atoms with E-state index in [2.05, 4.69) is 29.0 Å². The van der Waals surface area contributed by atoms with Gasteiger partial charge in [-0.05, 0) is 101 Å². The lowest BCUT2D eigenvalue weighted by Gasteiger charge is -2.23. The van der Waals surface area contributed by atoms with Crippen molar-refractivity contribution < 1.29 is 23.8 Å². The molecule has 0 fully saturated rings. The molecule has 2 aromatic carbocycles. The third-order valence-electron chi connectivity index (χ3n) is 7.57. The normalized spacial score (nSPS) is 11.9. The molecule has 45 heavy (non-hydrogen) atoms. The number of hydrogen-bond donors (Lipinski definition) is 2. The molecule has 0 radical (unpaired) electrons. The number of amides is 1. The Bertz CT molecular complexity index is 1170. The van der Waals surface area contributed by atoms with Gasteiger partial charge in [0.05, 0.1) is 24.3 Å². The van der Waals surface area contributed by atoms with E-state index in [9.17, 15) is 9.59 Å². The van der Waals surface area contributed by atoms with Crippen molar-refractivity contribution in [2.24, 2.45) is 5.73 Å². The number of nitrogens with two attached hydrogens (primary N) is 1. The largest absolute Gasteiger partial charge is 0.495 e. The van der Waals surface area contributed by atoms with E-state index in [-0.39, 0.29) is 0 Å². The molecule has 2 rings (SSSR count). The minimum Gasteiger partial charge on any atom is -0.495 e. The molecule has 0 saturated heterocycles. The summed E-state index contributed by atoms with van der Waals surface area (Å²) in [4.78, 5) is 29.3. The summed E-state index contributed by atoms with van der Waals surface area (Å²) in [5, 5.41) is 3.89. The van der Waals surface area contributed by atoms with Gasteiger partial charge < -0.3 is 29.3 Å². The number of methoxy groups -OCH3 is 2. The van der Waals surface area contributed by atoms with Crippen LogP contribution in [0.5, 0.6) is 11.5 Å². The standard InChI is InChI=1S/C34H52Cl2N4O5/c1-5-20-39(24-17-26-12-9-14-28(35)31(26)43-3)22-8-7-19-38-33(41)34(42)45-30(37)16-11-23-40(21-6-2)25-18-27-13-10-15-29(36)32(27)44-4/h9-10,12-15,30H,5-8,11,16-25,37H2,1-4H3,(H,38,41). The van der Waals surface area contributed by atoms with Crippen LogP contribution < -0.4 is 20.5 Å². The molecular formula is C34H52Cl2N4O5. The van der Waals surface area contributed by atoms with E-state index >= 15 is 0 Å². The first kappa shape index (κ1) is 38.6. The Labute approximate surface area is 279 Å². The highest BCUT2D eigenvalue weighted by atomic mass is 35.5. The zero-order chi connectivity index (χ0) is 33.0. The highest BCUT2D eigenvalue weighted by Gasteiger charge is 2.19. The maximum atomic E-state index is 12.3. The van der Waals surface area contributed by atoms with Gasteiger partial charge in [-0.15, -0.1) is 0 Å². The number of esters is 1. The van der Waals surface area contributed by atoms with Gasteiger partial charge in [-0.3, -0.25) is 10.5 Å². The summed E-state index contributed by atoms with van der Waals surface area (Å²) in [5.41, 5.74) is 8.19. The number of hydrogen-bond acceptors (Lipinski definition) is 8. The minimum atomic E-state index is -0.941. The predicted octanol–water partition coefficient (Wildman–Crippen LogP) is 5.72. The van der Waals surface area contributed by atoms with Crippen LogP contribution in [0.2, 0.25) is 10.0 Å². The van der Waals surface area contributed by atoms with Crippen molar-refractivity contribution in [2.45, 2.75) is 71.4 Å². The van der Waals surface area contributed by atoms with Crippen molar-refractivity contribution in [3.05, 3.63) is 57.6 Å². The van der Waals surface area contributed by atoms with Crippen LogP contribution in [0.15, 0.2) is 36.4 Å². The molecule has 1 unspecified atom stereocenters. The second kappa shape index (κ2) is 22.0. The van der Waals surface area contributed by atoms with Gasteiger partial charge in [-0.2, -0.15) is 0 Å². The molecule has 3 N–H and O–H groups in total. The molecule has 0 saturated carbocycles. The number of para-hydroxylation sites is 2. The van der Waals surface area contributed by atoms with Crippen LogP contribution in [0, 0.1) is 0 Å². The maximum absolute atomic E-state index is 12.3. The number of rotatable bonds is 22. The van der Waals surface area contributed by atoms with Gasteiger partial charge in [-0.1, -0.05) is 61.3 Å². The third-order valence-corrected chi connectivity index (χ3v) is 8.17. The van der Waals surface area contributed by atoms with Gasteiger partial charge >= 0.3 is 11.9 Å². The van der Waals surface area contributed by atoms with Gasteiger partial charge in [0.25, 0.3) is 0 Å². The van der Waals surface area contributed by atoms with Crippen LogP contribution in [-0.2, 0) is 27.2 Å². The van der Waals surface area contributed by atoms with E-state index in [1.165, 1.54) is 0 Å². The zero-order valence-corrected chi connectivity index (χ0v) is 28.9. The number of ether oxygens (including phenoxy) is 3. The van der Waals surface area contributed by atoms with E-state index in [4.69, 9.17) is 43.1 Å². The Kier molecular flexibility index (Phi) is 18.9. The van der Waals surface area contributed by atoms with Crippen LogP contribution in [0.1, 0.15) is 63.5 Å². The number of carbonyl (C=O) groups excluding carboxylic acids is 2. The van der Waals surface area contributed by atoms with E-state index in [0.29, 0.717) is 28.8 Å². The maximum Gasteiger partial charge on any atom is 0.398 e. The molecule has 0 spiro atoms. The second-order valence-corrected chi connectivity index (χ2v) is 11.9. The van der Waals surface area contributed by atoms with Gasteiger partial charge in [0.2, 0.25) is 0 Å². The minimum absolute atomic E-state index is 0.397. The first-order valence-electron chi connectivity index (χ1n) is 16.1. The SMILES string of the molecule is CCCN(CCCCNC(=O)C(=O)OC(N)CCCN(CCC)CCc1cccc(Cl)c1OC)CCc1cccc(Cl)c1OC. The fourth-order valence-corrected chi connectivity index (χ4v) is 5.86. The number of halogens is 2. The van der Waals surface area contributed by atoms with Gasteiger partial charge in [-0.25, -0.2) is 4.79 Å². The Morgan fingerprint density at radius 3 is 1.78 bits per heavy atom. The molecule has 9 nitrogen and oxygen atoms in total. The fourth-order valence-electron chi connectivity index (χ4n) is 5.32. The second-order valence-electron chi connectivity index (χ2n) is 11.1. The highest BCUT2D eigenvalue weighted by molar-refractivity contribution is 6.33. The Hall–Kier alpha value is -2.56. The Morgan fingerprint density at radius 1 is 0.778 bits per heavy atom. The lowest BCUT2D eigenvalue weighted by atomic mass is 10.1. The molecule has 0 aliphatic carbocycles. The fraction of sp³-hybridized carbons (Fsp3) is 0.588. The molecule has 0 bridgehead atoms. The molecule has 2 aromatic rings. The first-order valence-corrected chi connectivity index (χ1v) is 16.8. The quantitative estimate of drug-likeness (QED) is 0.0711. The molecule has 0 heterocycles. The highest BCUT2D eigenvalue weighted by Crippen LogP contribution is 2.29. The predicted molar refractivity (Wildman–Crippen MR) is 182 cm³/mol. The average Bonchev–Trinajstić information content (AvgIpc) is 3.02. The van der Waals surface area contributed by atoms with Gasteiger partial charge in [0.1, 0.15) is 11.5 Å². The van der Waals surface area contributed by atoms with Crippen molar-refractivity contribution in [3.8, 4) is 11.5 Å². The molecule has 252 valence electrons.